The van der Waals surface area contributed by atoms with E-state index in [2.05, 4.69) is 143 Å². The van der Waals surface area contributed by atoms with Crippen LogP contribution in [0.15, 0.2) is 132 Å². The lowest BCUT2D eigenvalue weighted by molar-refractivity contribution is 0.0780. The van der Waals surface area contributed by atoms with Crippen molar-refractivity contribution in [3.63, 3.8) is 0 Å². The zero-order chi connectivity index (χ0) is 40.0. The minimum absolute atomic E-state index is 0.234. The summed E-state index contributed by atoms with van der Waals surface area (Å²) in [5, 5.41) is 12.3. The first-order valence-corrected chi connectivity index (χ1v) is 21.2. The van der Waals surface area contributed by atoms with Crippen LogP contribution < -0.4 is 0 Å². The van der Waals surface area contributed by atoms with E-state index in [0.717, 1.165) is 89.8 Å². The third-order valence-electron chi connectivity index (χ3n) is 13.9. The Kier molecular flexibility index (Phi) is 8.08. The molecule has 0 amide bonds. The number of furan rings is 1. The van der Waals surface area contributed by atoms with Gasteiger partial charge in [0, 0.05) is 27.3 Å². The van der Waals surface area contributed by atoms with Crippen molar-refractivity contribution in [2.75, 3.05) is 0 Å². The Hall–Kier alpha value is -6.38. The molecule has 3 aliphatic carbocycles. The SMILES string of the molecule is CC1CC2C[C@H](C)CC(c3ccc(-c4nc(-c5cccc6c5-c5cccc(C#N)c5C6(C)C)nc(-c5cccc6c5oc5ccc(-c7ccccc7)cc56)n4)cc3)(C1)C2. The summed E-state index contributed by atoms with van der Waals surface area (Å²) in [7, 11) is 0. The summed E-state index contributed by atoms with van der Waals surface area (Å²) in [6.45, 7) is 9.32. The van der Waals surface area contributed by atoms with E-state index in [1.165, 1.54) is 37.7 Å². The Labute approximate surface area is 345 Å². The maximum Gasteiger partial charge on any atom is 0.167 e. The first-order valence-electron chi connectivity index (χ1n) is 21.2. The van der Waals surface area contributed by atoms with Crippen LogP contribution in [-0.4, -0.2) is 15.0 Å². The maximum absolute atomic E-state index is 10.2. The Morgan fingerprint density at radius 3 is 2.03 bits per heavy atom. The molecule has 2 bridgehead atoms. The van der Waals surface area contributed by atoms with Gasteiger partial charge in [-0.3, -0.25) is 0 Å². The van der Waals surface area contributed by atoms with Crippen LogP contribution in [0.3, 0.4) is 0 Å². The number of nitrogens with zero attached hydrogens (tertiary/aromatic N) is 4. The minimum atomic E-state index is -0.369. The van der Waals surface area contributed by atoms with E-state index >= 15 is 0 Å². The van der Waals surface area contributed by atoms with E-state index < -0.39 is 0 Å². The van der Waals surface area contributed by atoms with Crippen LogP contribution in [0.1, 0.15) is 82.1 Å². The lowest BCUT2D eigenvalue weighted by atomic mass is 9.54. The second kappa shape index (κ2) is 13.3. The monoisotopic (exact) mass is 766 g/mol. The van der Waals surface area contributed by atoms with Gasteiger partial charge in [-0.05, 0) is 118 Å². The van der Waals surface area contributed by atoms with Crippen LogP contribution in [0.5, 0.6) is 0 Å². The zero-order valence-electron chi connectivity index (χ0n) is 34.1. The molecule has 6 aromatic carbocycles. The number of hydrogen-bond acceptors (Lipinski definition) is 5. The Balaban J connectivity index is 1.10. The van der Waals surface area contributed by atoms with Gasteiger partial charge in [-0.25, -0.2) is 15.0 Å². The molecule has 8 aromatic rings. The van der Waals surface area contributed by atoms with Gasteiger partial charge in [0.1, 0.15) is 11.2 Å². The fraction of sp³-hybridized carbons (Fsp3) is 0.259. The molecule has 2 saturated carbocycles. The molecule has 2 aromatic heterocycles. The number of rotatable bonds is 5. The van der Waals surface area contributed by atoms with Crippen molar-refractivity contribution in [2.24, 2.45) is 17.8 Å². The predicted molar refractivity (Wildman–Crippen MR) is 238 cm³/mol. The summed E-state index contributed by atoms with van der Waals surface area (Å²) < 4.78 is 6.70. The fourth-order valence-electron chi connectivity index (χ4n) is 11.8. The van der Waals surface area contributed by atoms with Crippen molar-refractivity contribution in [3.05, 3.63) is 150 Å². The van der Waals surface area contributed by atoms with Crippen LogP contribution in [0, 0.1) is 29.1 Å². The maximum atomic E-state index is 10.2. The van der Waals surface area contributed by atoms with Gasteiger partial charge in [-0.15, -0.1) is 0 Å². The lowest BCUT2D eigenvalue weighted by Gasteiger charge is -2.50. The fourth-order valence-corrected chi connectivity index (χ4v) is 11.8. The highest BCUT2D eigenvalue weighted by atomic mass is 16.3. The van der Waals surface area contributed by atoms with Crippen LogP contribution in [-0.2, 0) is 10.8 Å². The minimum Gasteiger partial charge on any atom is -0.455 e. The normalized spacial score (nSPS) is 21.6. The van der Waals surface area contributed by atoms with Gasteiger partial charge in [-0.2, -0.15) is 5.26 Å². The van der Waals surface area contributed by atoms with E-state index in [0.29, 0.717) is 23.0 Å². The van der Waals surface area contributed by atoms with E-state index in [9.17, 15) is 5.26 Å². The number of nitriles is 1. The van der Waals surface area contributed by atoms with Gasteiger partial charge in [0.05, 0.1) is 17.2 Å². The zero-order valence-corrected chi connectivity index (χ0v) is 34.1. The van der Waals surface area contributed by atoms with E-state index in [-0.39, 0.29) is 10.8 Å². The van der Waals surface area contributed by atoms with Crippen LogP contribution in [0.4, 0.5) is 0 Å². The van der Waals surface area contributed by atoms with Crippen molar-refractivity contribution in [1.82, 2.24) is 15.0 Å². The quantitative estimate of drug-likeness (QED) is 0.174. The smallest absolute Gasteiger partial charge is 0.167 e. The molecule has 11 rings (SSSR count). The van der Waals surface area contributed by atoms with Crippen LogP contribution in [0.2, 0.25) is 0 Å². The molecule has 4 atom stereocenters. The van der Waals surface area contributed by atoms with Gasteiger partial charge >= 0.3 is 0 Å². The summed E-state index contributed by atoms with van der Waals surface area (Å²) in [6.07, 6.45) is 6.52. The summed E-state index contributed by atoms with van der Waals surface area (Å²) in [5.41, 5.74) is 12.9. The molecule has 0 spiro atoms. The lowest BCUT2D eigenvalue weighted by Crippen LogP contribution is -2.42. The largest absolute Gasteiger partial charge is 0.455 e. The van der Waals surface area contributed by atoms with Crippen molar-refractivity contribution < 1.29 is 4.42 Å². The van der Waals surface area contributed by atoms with Gasteiger partial charge < -0.3 is 4.42 Å². The van der Waals surface area contributed by atoms with Crippen molar-refractivity contribution in [3.8, 4) is 62.5 Å². The average molecular weight is 767 g/mol. The summed E-state index contributed by atoms with van der Waals surface area (Å²) >= 11 is 0. The molecular formula is C54H46N4O. The molecule has 2 fully saturated rings. The third-order valence-corrected chi connectivity index (χ3v) is 13.9. The average Bonchev–Trinajstić information content (AvgIpc) is 3.75. The van der Waals surface area contributed by atoms with Gasteiger partial charge in [-0.1, -0.05) is 131 Å². The molecule has 3 unspecified atom stereocenters. The van der Waals surface area contributed by atoms with Crippen molar-refractivity contribution in [1.29, 1.82) is 5.26 Å². The van der Waals surface area contributed by atoms with Gasteiger partial charge in [0.2, 0.25) is 0 Å². The van der Waals surface area contributed by atoms with E-state index in [1.54, 1.807) is 0 Å². The number of benzene rings is 6. The Bertz CT molecular complexity index is 2990. The van der Waals surface area contributed by atoms with Crippen LogP contribution in [0.25, 0.3) is 78.4 Å². The first-order chi connectivity index (χ1) is 28.7. The molecule has 0 N–H and O–H groups in total. The topological polar surface area (TPSA) is 75.6 Å². The predicted octanol–water partition coefficient (Wildman–Crippen LogP) is 13.7. The highest BCUT2D eigenvalue weighted by molar-refractivity contribution is 6.10. The third kappa shape index (κ3) is 5.68. The molecular weight excluding hydrogens is 721 g/mol. The molecule has 288 valence electrons. The second-order valence-electron chi connectivity index (χ2n) is 18.4. The van der Waals surface area contributed by atoms with E-state index in [4.69, 9.17) is 19.4 Å². The highest BCUT2D eigenvalue weighted by Gasteiger charge is 2.45. The second-order valence-corrected chi connectivity index (χ2v) is 18.4. The summed E-state index contributed by atoms with van der Waals surface area (Å²) in [6, 6.07) is 47.2. The molecule has 59 heavy (non-hydrogen) atoms. The Morgan fingerprint density at radius 2 is 1.27 bits per heavy atom. The van der Waals surface area contributed by atoms with Crippen LogP contribution >= 0.6 is 0 Å². The number of para-hydroxylation sites is 1. The van der Waals surface area contributed by atoms with Crippen molar-refractivity contribution in [2.45, 2.75) is 70.6 Å². The Morgan fingerprint density at radius 1 is 0.610 bits per heavy atom. The summed E-state index contributed by atoms with van der Waals surface area (Å²) in [5.74, 6) is 4.08. The van der Waals surface area contributed by atoms with Crippen molar-refractivity contribution >= 4 is 21.9 Å². The number of aromatic nitrogens is 3. The molecule has 2 heterocycles. The number of fused-ring (bicyclic) bond motifs is 8. The van der Waals surface area contributed by atoms with E-state index in [1.807, 2.05) is 18.2 Å². The first kappa shape index (κ1) is 35.8. The summed E-state index contributed by atoms with van der Waals surface area (Å²) in [4.78, 5) is 15.9. The molecule has 0 aliphatic heterocycles. The molecule has 5 nitrogen and oxygen atoms in total. The van der Waals surface area contributed by atoms with Gasteiger partial charge in [0.25, 0.3) is 0 Å². The molecule has 0 radical (unpaired) electrons. The van der Waals surface area contributed by atoms with Gasteiger partial charge in [0.15, 0.2) is 17.5 Å². The standard InChI is InChI=1S/C54H46N4O/c1-32-25-34-26-33(2)29-54(28-32,30-34)39-22-19-36(20-23-39)50-56-51(42-16-10-18-45-47(42)41-15-8-13-38(31-55)48(41)53(45,3)4)58-52(57-50)43-17-9-14-40-44-27-37(35-11-6-5-7-12-35)21-24-46(44)59-49(40)43/h5-24,27,32-34H,25-26,28-30H2,1-4H3/t32-,33?,34?,54?/m0/s1. The number of hydrogen-bond donors (Lipinski definition) is 0. The molecule has 5 heteroatoms. The molecule has 3 aliphatic rings. The highest BCUT2D eigenvalue weighted by Crippen LogP contribution is 2.55. The molecule has 0 saturated heterocycles.